The molecule has 4 N–H and O–H groups in total. The van der Waals surface area contributed by atoms with E-state index in [0.717, 1.165) is 32.1 Å². The maximum absolute atomic E-state index is 11.1. The Balaban J connectivity index is 0. The van der Waals surface area contributed by atoms with Crippen LogP contribution in [-0.4, -0.2) is 38.3 Å². The predicted molar refractivity (Wildman–Crippen MR) is 93.8 cm³/mol. The summed E-state index contributed by atoms with van der Waals surface area (Å²) in [5.74, 6) is -0.997. The first-order valence-corrected chi connectivity index (χ1v) is 9.93. The van der Waals surface area contributed by atoms with E-state index >= 15 is 0 Å². The fourth-order valence-corrected chi connectivity index (χ4v) is 1.90. The zero-order chi connectivity index (χ0) is 19.7. The molecule has 9 heteroatoms. The molecule has 0 aromatic carbocycles. The van der Waals surface area contributed by atoms with Crippen molar-refractivity contribution in [2.45, 2.75) is 71.1 Å². The summed E-state index contributed by atoms with van der Waals surface area (Å²) in [4.78, 5) is 43.0. The molecule has 0 aromatic rings. The number of unbranched alkanes of at least 4 members (excludes halogenated alkanes) is 8. The summed E-state index contributed by atoms with van der Waals surface area (Å²) in [7, 11) is -4.64. The molecule has 0 atom stereocenters. The van der Waals surface area contributed by atoms with Gasteiger partial charge in [-0.1, -0.05) is 51.5 Å². The lowest BCUT2D eigenvalue weighted by Crippen LogP contribution is -2.05. The molecule has 0 heterocycles. The standard InChI is InChI=1S/C16H28O4.H3O4P/c1-14(2)16(19)20-13-11-9-7-5-3-4-6-8-10-12-15(17)18;1-5(2,3)4/h1,3-13H2,2H3,(H,17,18);(H3,1,2,3,4). The molecule has 0 radical (unpaired) electrons. The zero-order valence-corrected chi connectivity index (χ0v) is 15.7. The molecular formula is C16H31O8P. The Kier molecular flexibility index (Phi) is 16.9. The van der Waals surface area contributed by atoms with Gasteiger partial charge in [0.25, 0.3) is 0 Å². The number of esters is 1. The quantitative estimate of drug-likeness (QED) is 0.165. The molecular weight excluding hydrogens is 351 g/mol. The smallest absolute Gasteiger partial charge is 0.466 e. The molecule has 0 amide bonds. The predicted octanol–water partition coefficient (Wildman–Crippen LogP) is 3.16. The summed E-state index contributed by atoms with van der Waals surface area (Å²) in [6, 6.07) is 0. The van der Waals surface area contributed by atoms with Crippen molar-refractivity contribution < 1.29 is 38.7 Å². The fourth-order valence-electron chi connectivity index (χ4n) is 1.90. The van der Waals surface area contributed by atoms with Gasteiger partial charge in [-0.15, -0.1) is 0 Å². The molecule has 0 aromatic heterocycles. The van der Waals surface area contributed by atoms with Crippen LogP contribution in [0, 0.1) is 0 Å². The minimum atomic E-state index is -4.64. The van der Waals surface area contributed by atoms with Crippen LogP contribution in [0.1, 0.15) is 71.1 Å². The second kappa shape index (κ2) is 16.3. The van der Waals surface area contributed by atoms with Crippen molar-refractivity contribution in [1.29, 1.82) is 0 Å². The third kappa shape index (κ3) is 31.1. The van der Waals surface area contributed by atoms with Gasteiger partial charge >= 0.3 is 19.8 Å². The van der Waals surface area contributed by atoms with Gasteiger partial charge in [-0.25, -0.2) is 9.36 Å². The highest BCUT2D eigenvalue weighted by Gasteiger charge is 2.02. The second-order valence-corrected chi connectivity index (χ2v) is 6.78. The second-order valence-electron chi connectivity index (χ2n) is 5.76. The minimum absolute atomic E-state index is 0.295. The molecule has 0 fully saturated rings. The van der Waals surface area contributed by atoms with Gasteiger partial charge in [0.15, 0.2) is 0 Å². The van der Waals surface area contributed by atoms with E-state index in [1.54, 1.807) is 6.92 Å². The average molecular weight is 382 g/mol. The highest BCUT2D eigenvalue weighted by molar-refractivity contribution is 7.45. The van der Waals surface area contributed by atoms with Gasteiger partial charge in [0.1, 0.15) is 0 Å². The molecule has 0 rings (SSSR count). The van der Waals surface area contributed by atoms with Crippen molar-refractivity contribution in [1.82, 2.24) is 0 Å². The maximum atomic E-state index is 11.1. The lowest BCUT2D eigenvalue weighted by atomic mass is 10.1. The first kappa shape index (κ1) is 26.0. The van der Waals surface area contributed by atoms with Crippen molar-refractivity contribution in [2.75, 3.05) is 6.61 Å². The Labute approximate surface area is 149 Å². The first-order valence-electron chi connectivity index (χ1n) is 8.36. The van der Waals surface area contributed by atoms with Crippen molar-refractivity contribution in [3.05, 3.63) is 12.2 Å². The molecule has 148 valence electrons. The molecule has 0 bridgehead atoms. The SMILES string of the molecule is C=C(C)C(=O)OCCCCCCCCCCCC(=O)O.O=P(O)(O)O. The van der Waals surface area contributed by atoms with Crippen LogP contribution in [0.2, 0.25) is 0 Å². The van der Waals surface area contributed by atoms with Crippen LogP contribution in [0.5, 0.6) is 0 Å². The summed E-state index contributed by atoms with van der Waals surface area (Å²) in [5.41, 5.74) is 0.452. The lowest BCUT2D eigenvalue weighted by molar-refractivity contribution is -0.139. The van der Waals surface area contributed by atoms with E-state index in [0.29, 0.717) is 18.6 Å². The topological polar surface area (TPSA) is 141 Å². The van der Waals surface area contributed by atoms with E-state index in [1.807, 2.05) is 0 Å². The lowest BCUT2D eigenvalue weighted by Gasteiger charge is -2.04. The van der Waals surface area contributed by atoms with Crippen LogP contribution >= 0.6 is 7.82 Å². The number of carbonyl (C=O) groups is 2. The minimum Gasteiger partial charge on any atom is -0.481 e. The van der Waals surface area contributed by atoms with Crippen LogP contribution < -0.4 is 0 Å². The van der Waals surface area contributed by atoms with Gasteiger partial charge in [-0.2, -0.15) is 0 Å². The monoisotopic (exact) mass is 382 g/mol. The van der Waals surface area contributed by atoms with Crippen LogP contribution in [0.4, 0.5) is 0 Å². The Morgan fingerprint density at radius 2 is 1.24 bits per heavy atom. The number of hydrogen-bond acceptors (Lipinski definition) is 4. The van der Waals surface area contributed by atoms with E-state index in [2.05, 4.69) is 6.58 Å². The van der Waals surface area contributed by atoms with E-state index in [9.17, 15) is 9.59 Å². The van der Waals surface area contributed by atoms with E-state index in [1.165, 1.54) is 25.7 Å². The number of ether oxygens (including phenoxy) is 1. The maximum Gasteiger partial charge on any atom is 0.466 e. The highest BCUT2D eigenvalue weighted by atomic mass is 31.2. The summed E-state index contributed by atoms with van der Waals surface area (Å²) < 4.78 is 13.9. The normalized spacial score (nSPS) is 10.6. The van der Waals surface area contributed by atoms with Crippen LogP contribution in [0.3, 0.4) is 0 Å². The van der Waals surface area contributed by atoms with Gasteiger partial charge in [-0.05, 0) is 19.8 Å². The van der Waals surface area contributed by atoms with Crippen molar-refractivity contribution in [2.24, 2.45) is 0 Å². The number of rotatable bonds is 13. The summed E-state index contributed by atoms with van der Waals surface area (Å²) in [6.07, 6.45) is 10.00. The van der Waals surface area contributed by atoms with E-state index in [4.69, 9.17) is 29.1 Å². The van der Waals surface area contributed by atoms with Crippen LogP contribution in [-0.2, 0) is 18.9 Å². The Morgan fingerprint density at radius 1 is 0.880 bits per heavy atom. The number of hydrogen-bond donors (Lipinski definition) is 4. The van der Waals surface area contributed by atoms with E-state index in [-0.39, 0.29) is 5.97 Å². The zero-order valence-electron chi connectivity index (χ0n) is 14.9. The summed E-state index contributed by atoms with van der Waals surface area (Å²) >= 11 is 0. The average Bonchev–Trinajstić information content (AvgIpc) is 2.46. The number of carbonyl (C=O) groups excluding carboxylic acids is 1. The van der Waals surface area contributed by atoms with Crippen molar-refractivity contribution in [3.8, 4) is 0 Å². The molecule has 0 saturated carbocycles. The fraction of sp³-hybridized carbons (Fsp3) is 0.750. The largest absolute Gasteiger partial charge is 0.481 e. The number of aliphatic carboxylic acids is 1. The van der Waals surface area contributed by atoms with Gasteiger partial charge in [0.2, 0.25) is 0 Å². The third-order valence-electron chi connectivity index (χ3n) is 3.12. The van der Waals surface area contributed by atoms with Crippen molar-refractivity contribution in [3.63, 3.8) is 0 Å². The van der Waals surface area contributed by atoms with Crippen LogP contribution in [0.25, 0.3) is 0 Å². The Bertz CT molecular complexity index is 422. The number of phosphoric acid groups is 1. The van der Waals surface area contributed by atoms with Gasteiger partial charge in [-0.3, -0.25) is 4.79 Å². The molecule has 25 heavy (non-hydrogen) atoms. The molecule has 0 aliphatic carbocycles. The number of carboxylic acids is 1. The number of carboxylic acid groups (broad SMARTS) is 1. The van der Waals surface area contributed by atoms with Crippen LogP contribution in [0.15, 0.2) is 12.2 Å². The molecule has 0 saturated heterocycles. The summed E-state index contributed by atoms with van der Waals surface area (Å²) in [6.45, 7) is 5.67. The van der Waals surface area contributed by atoms with E-state index < -0.39 is 13.8 Å². The first-order chi connectivity index (χ1) is 11.5. The summed E-state index contributed by atoms with van der Waals surface area (Å²) in [5, 5.41) is 8.49. The molecule has 8 nitrogen and oxygen atoms in total. The Morgan fingerprint density at radius 3 is 1.60 bits per heavy atom. The van der Waals surface area contributed by atoms with Gasteiger partial charge in [0, 0.05) is 12.0 Å². The molecule has 0 aliphatic heterocycles. The van der Waals surface area contributed by atoms with Crippen molar-refractivity contribution >= 4 is 19.8 Å². The third-order valence-corrected chi connectivity index (χ3v) is 3.12. The molecule has 0 spiro atoms. The van der Waals surface area contributed by atoms with Gasteiger partial charge in [0.05, 0.1) is 6.61 Å². The van der Waals surface area contributed by atoms with Gasteiger partial charge < -0.3 is 24.5 Å². The molecule has 0 aliphatic rings. The molecule has 0 unspecified atom stereocenters. The Hall–Kier alpha value is -1.21. The highest BCUT2D eigenvalue weighted by Crippen LogP contribution is 2.25.